The van der Waals surface area contributed by atoms with E-state index < -0.39 is 0 Å². The number of para-hydroxylation sites is 2. The maximum absolute atomic E-state index is 12.4. The Balaban J connectivity index is 1.56. The molecule has 6 heteroatoms. The number of hydrogen-bond donors (Lipinski definition) is 2. The molecule has 0 bridgehead atoms. The van der Waals surface area contributed by atoms with E-state index >= 15 is 0 Å². The number of anilines is 1. The first-order valence-corrected chi connectivity index (χ1v) is 10.2. The first-order chi connectivity index (χ1) is 14.5. The van der Waals surface area contributed by atoms with E-state index in [0.717, 1.165) is 22.5 Å². The Morgan fingerprint density at radius 3 is 2.27 bits per heavy atom. The van der Waals surface area contributed by atoms with Crippen molar-refractivity contribution < 1.29 is 9.59 Å². The summed E-state index contributed by atoms with van der Waals surface area (Å²) < 4.78 is 1.78. The highest BCUT2D eigenvalue weighted by molar-refractivity contribution is 5.94. The van der Waals surface area contributed by atoms with Gasteiger partial charge in [0.15, 0.2) is 0 Å². The third kappa shape index (κ3) is 5.35. The van der Waals surface area contributed by atoms with Crippen LogP contribution in [0.4, 0.5) is 5.69 Å². The summed E-state index contributed by atoms with van der Waals surface area (Å²) in [5.74, 6) is -0.0200. The lowest BCUT2D eigenvalue weighted by Crippen LogP contribution is -2.28. The van der Waals surface area contributed by atoms with Gasteiger partial charge in [-0.05, 0) is 42.2 Å². The summed E-state index contributed by atoms with van der Waals surface area (Å²) in [5.41, 5.74) is 3.77. The highest BCUT2D eigenvalue weighted by atomic mass is 16.2. The molecule has 0 aliphatic carbocycles. The predicted molar refractivity (Wildman–Crippen MR) is 119 cm³/mol. The van der Waals surface area contributed by atoms with Crippen LogP contribution in [0.15, 0.2) is 67.0 Å². The van der Waals surface area contributed by atoms with Crippen LogP contribution in [0.3, 0.4) is 0 Å². The molecule has 3 rings (SSSR count). The van der Waals surface area contributed by atoms with E-state index in [1.54, 1.807) is 10.9 Å². The fourth-order valence-corrected chi connectivity index (χ4v) is 3.42. The molecular weight excluding hydrogens is 376 g/mol. The van der Waals surface area contributed by atoms with Gasteiger partial charge in [-0.2, -0.15) is 5.10 Å². The van der Waals surface area contributed by atoms with Gasteiger partial charge < -0.3 is 10.6 Å². The Kier molecular flexibility index (Phi) is 7.01. The van der Waals surface area contributed by atoms with Crippen molar-refractivity contribution in [1.29, 1.82) is 0 Å². The van der Waals surface area contributed by atoms with Crippen LogP contribution in [0.5, 0.6) is 0 Å². The smallest absolute Gasteiger partial charge is 0.224 e. The van der Waals surface area contributed by atoms with E-state index in [4.69, 9.17) is 0 Å². The normalized spacial score (nSPS) is 11.9. The molecule has 0 radical (unpaired) electrons. The van der Waals surface area contributed by atoms with Gasteiger partial charge in [0.25, 0.3) is 0 Å². The van der Waals surface area contributed by atoms with Crippen LogP contribution < -0.4 is 10.6 Å². The van der Waals surface area contributed by atoms with Crippen LogP contribution in [-0.4, -0.2) is 21.6 Å². The number of benzene rings is 2. The van der Waals surface area contributed by atoms with Crippen LogP contribution in [-0.2, 0) is 9.59 Å². The number of hydrogen-bond acceptors (Lipinski definition) is 3. The van der Waals surface area contributed by atoms with Gasteiger partial charge in [-0.3, -0.25) is 9.59 Å². The van der Waals surface area contributed by atoms with E-state index in [9.17, 15) is 9.59 Å². The van der Waals surface area contributed by atoms with Crippen LogP contribution >= 0.6 is 0 Å². The van der Waals surface area contributed by atoms with Crippen molar-refractivity contribution in [3.8, 4) is 5.69 Å². The lowest BCUT2D eigenvalue weighted by atomic mass is 10.0. The van der Waals surface area contributed by atoms with Gasteiger partial charge in [0, 0.05) is 30.9 Å². The van der Waals surface area contributed by atoms with Crippen LogP contribution in [0.2, 0.25) is 0 Å². The maximum atomic E-state index is 12.4. The SMILES string of the molecule is CC(C)c1ccccc1NC(=O)CCC(=O)N[C@H](C)c1ccccc1-n1cccn1. The van der Waals surface area contributed by atoms with Crippen LogP contribution in [0.25, 0.3) is 5.69 Å². The number of aromatic nitrogens is 2. The summed E-state index contributed by atoms with van der Waals surface area (Å²) >= 11 is 0. The molecule has 1 atom stereocenters. The summed E-state index contributed by atoms with van der Waals surface area (Å²) in [6.45, 7) is 6.10. The minimum absolute atomic E-state index is 0.129. The maximum Gasteiger partial charge on any atom is 0.224 e. The van der Waals surface area contributed by atoms with E-state index in [0.29, 0.717) is 5.92 Å². The van der Waals surface area contributed by atoms with Gasteiger partial charge >= 0.3 is 0 Å². The average molecular weight is 405 g/mol. The topological polar surface area (TPSA) is 76.0 Å². The van der Waals surface area contributed by atoms with Crippen molar-refractivity contribution in [2.75, 3.05) is 5.32 Å². The first kappa shape index (κ1) is 21.3. The summed E-state index contributed by atoms with van der Waals surface area (Å²) in [7, 11) is 0. The Bertz CT molecular complexity index is 996. The lowest BCUT2D eigenvalue weighted by molar-refractivity contribution is -0.124. The zero-order chi connectivity index (χ0) is 21.5. The standard InChI is InChI=1S/C24H28N4O2/c1-17(2)19-9-4-6-11-21(19)27-24(30)14-13-23(29)26-18(3)20-10-5-7-12-22(20)28-16-8-15-25-28/h4-12,15-18H,13-14H2,1-3H3,(H,26,29)(H,27,30)/t18-/m1/s1. The summed E-state index contributed by atoms with van der Waals surface area (Å²) in [6, 6.07) is 17.2. The number of carbonyl (C=O) groups is 2. The summed E-state index contributed by atoms with van der Waals surface area (Å²) in [5, 5.41) is 10.2. The fraction of sp³-hybridized carbons (Fsp3) is 0.292. The van der Waals surface area contributed by atoms with E-state index in [1.807, 2.05) is 67.7 Å². The second-order valence-electron chi connectivity index (χ2n) is 7.59. The molecule has 30 heavy (non-hydrogen) atoms. The number of nitrogens with zero attached hydrogens (tertiary/aromatic N) is 2. The van der Waals surface area contributed by atoms with Gasteiger partial charge in [0.05, 0.1) is 11.7 Å². The van der Waals surface area contributed by atoms with Gasteiger partial charge in [0.1, 0.15) is 0 Å². The molecule has 156 valence electrons. The van der Waals surface area contributed by atoms with Gasteiger partial charge in [0.2, 0.25) is 11.8 Å². The fourth-order valence-electron chi connectivity index (χ4n) is 3.42. The molecule has 2 N–H and O–H groups in total. The molecule has 3 aromatic rings. The molecule has 0 aliphatic rings. The monoisotopic (exact) mass is 404 g/mol. The van der Waals surface area contributed by atoms with Crippen LogP contribution in [0, 0.1) is 0 Å². The van der Waals surface area contributed by atoms with Crippen molar-refractivity contribution in [3.63, 3.8) is 0 Å². The van der Waals surface area contributed by atoms with Crippen molar-refractivity contribution in [2.24, 2.45) is 0 Å². The predicted octanol–water partition coefficient (Wildman–Crippen LogP) is 4.59. The molecule has 0 saturated heterocycles. The Morgan fingerprint density at radius 2 is 1.57 bits per heavy atom. The molecule has 0 unspecified atom stereocenters. The molecule has 6 nitrogen and oxygen atoms in total. The Labute approximate surface area is 177 Å². The zero-order valence-corrected chi connectivity index (χ0v) is 17.6. The van der Waals surface area contributed by atoms with Gasteiger partial charge in [-0.25, -0.2) is 4.68 Å². The van der Waals surface area contributed by atoms with E-state index in [2.05, 4.69) is 29.6 Å². The largest absolute Gasteiger partial charge is 0.349 e. The Hall–Kier alpha value is -3.41. The van der Waals surface area contributed by atoms with Gasteiger partial charge in [-0.1, -0.05) is 50.2 Å². The van der Waals surface area contributed by atoms with Gasteiger partial charge in [-0.15, -0.1) is 0 Å². The molecular formula is C24H28N4O2. The molecule has 0 aliphatic heterocycles. The minimum Gasteiger partial charge on any atom is -0.349 e. The molecule has 0 fully saturated rings. The third-order valence-electron chi connectivity index (χ3n) is 4.97. The average Bonchev–Trinajstić information content (AvgIpc) is 3.27. The summed E-state index contributed by atoms with van der Waals surface area (Å²) in [6.07, 6.45) is 3.85. The molecule has 1 aromatic heterocycles. The van der Waals surface area contributed by atoms with Crippen molar-refractivity contribution in [3.05, 3.63) is 78.1 Å². The quantitative estimate of drug-likeness (QED) is 0.576. The highest BCUT2D eigenvalue weighted by Gasteiger charge is 2.16. The van der Waals surface area contributed by atoms with Crippen molar-refractivity contribution >= 4 is 17.5 Å². The number of carbonyl (C=O) groups excluding carboxylic acids is 2. The number of amides is 2. The van der Waals surface area contributed by atoms with Crippen molar-refractivity contribution in [2.45, 2.75) is 45.6 Å². The van der Waals surface area contributed by atoms with Crippen LogP contribution in [0.1, 0.15) is 56.7 Å². The molecule has 2 aromatic carbocycles. The molecule has 2 amide bonds. The lowest BCUT2D eigenvalue weighted by Gasteiger charge is -2.18. The van der Waals surface area contributed by atoms with E-state index in [1.165, 1.54) is 0 Å². The van der Waals surface area contributed by atoms with Crippen molar-refractivity contribution in [1.82, 2.24) is 15.1 Å². The second-order valence-corrected chi connectivity index (χ2v) is 7.59. The molecule has 0 spiro atoms. The number of nitrogens with one attached hydrogen (secondary N) is 2. The second kappa shape index (κ2) is 9.87. The Morgan fingerprint density at radius 1 is 0.900 bits per heavy atom. The zero-order valence-electron chi connectivity index (χ0n) is 17.6. The third-order valence-corrected chi connectivity index (χ3v) is 4.97. The molecule has 0 saturated carbocycles. The van der Waals surface area contributed by atoms with E-state index in [-0.39, 0.29) is 30.7 Å². The molecule has 1 heterocycles. The summed E-state index contributed by atoms with van der Waals surface area (Å²) in [4.78, 5) is 24.8. The minimum atomic E-state index is -0.206. The number of rotatable bonds is 8. The highest BCUT2D eigenvalue weighted by Crippen LogP contribution is 2.24. The first-order valence-electron chi connectivity index (χ1n) is 10.2.